The van der Waals surface area contributed by atoms with Crippen LogP contribution in [0.3, 0.4) is 0 Å². The van der Waals surface area contributed by atoms with Gasteiger partial charge in [-0.1, -0.05) is 25.3 Å². The number of carboxylic acid groups (broad SMARTS) is 1. The molecule has 0 spiro atoms. The second-order valence-electron chi connectivity index (χ2n) is 10.6. The van der Waals surface area contributed by atoms with Crippen molar-refractivity contribution in [2.24, 2.45) is 5.92 Å². The van der Waals surface area contributed by atoms with E-state index in [1.54, 1.807) is 0 Å². The summed E-state index contributed by atoms with van der Waals surface area (Å²) in [5.74, 6) is -0.713. The molecule has 2 atom stereocenters. The van der Waals surface area contributed by atoms with E-state index in [2.05, 4.69) is 32.4 Å². The van der Waals surface area contributed by atoms with E-state index in [9.17, 15) is 23.1 Å². The molecule has 11 heteroatoms. The number of hydrogen-bond donors (Lipinski definition) is 4. The highest BCUT2D eigenvalue weighted by Crippen LogP contribution is 2.24. The van der Waals surface area contributed by atoms with Gasteiger partial charge in [0.05, 0.1) is 11.2 Å². The van der Waals surface area contributed by atoms with Gasteiger partial charge >= 0.3 is 5.97 Å². The Morgan fingerprint density at radius 2 is 1.95 bits per heavy atom. The van der Waals surface area contributed by atoms with Crippen molar-refractivity contribution in [1.29, 1.82) is 0 Å². The lowest BCUT2D eigenvalue weighted by Crippen LogP contribution is -2.52. The smallest absolute Gasteiger partial charge is 0.323 e. The van der Waals surface area contributed by atoms with Crippen molar-refractivity contribution in [3.05, 3.63) is 23.4 Å². The fourth-order valence-corrected chi connectivity index (χ4v) is 7.39. The van der Waals surface area contributed by atoms with Gasteiger partial charge in [0, 0.05) is 25.3 Å². The van der Waals surface area contributed by atoms with Crippen molar-refractivity contribution in [3.63, 3.8) is 0 Å². The lowest BCUT2D eigenvalue weighted by molar-refractivity contribution is -0.139. The first-order valence-electron chi connectivity index (χ1n) is 13.8. The second kappa shape index (κ2) is 13.0. The number of hydrogen-bond acceptors (Lipinski definition) is 7. The standard InChI is InChI=1S/C26H41N5O5S/c32-25(28-17-23(26(33)34)30-37(35,36)22-10-2-1-3-11-22)20-8-5-15-31(18-20)16-6-9-21-13-12-19-7-4-14-27-24(19)29-21/h12-13,20,22-23,30H,1-11,14-18H2,(H,27,29)(H,28,32)(H,33,34)/t20-,23?/m1/s1. The number of carboxylic acids is 1. The summed E-state index contributed by atoms with van der Waals surface area (Å²) in [6, 6.07) is 2.92. The summed E-state index contributed by atoms with van der Waals surface area (Å²) >= 11 is 0. The molecule has 3 heterocycles. The molecule has 1 aromatic heterocycles. The Bertz CT molecular complexity index is 1040. The number of piperidine rings is 1. The van der Waals surface area contributed by atoms with Crippen LogP contribution in [-0.2, 0) is 32.5 Å². The van der Waals surface area contributed by atoms with Gasteiger partial charge < -0.3 is 20.6 Å². The van der Waals surface area contributed by atoms with Crippen LogP contribution in [0.1, 0.15) is 69.0 Å². The highest BCUT2D eigenvalue weighted by Gasteiger charge is 2.33. The van der Waals surface area contributed by atoms with E-state index in [1.165, 1.54) is 5.56 Å². The molecule has 1 saturated heterocycles. The monoisotopic (exact) mass is 535 g/mol. The third-order valence-corrected chi connectivity index (χ3v) is 9.77. The largest absolute Gasteiger partial charge is 0.480 e. The number of nitrogens with one attached hydrogen (secondary N) is 3. The van der Waals surface area contributed by atoms with Crippen molar-refractivity contribution < 1.29 is 23.1 Å². The molecular formula is C26H41N5O5S. The molecule has 2 fully saturated rings. The fourth-order valence-electron chi connectivity index (χ4n) is 5.66. The highest BCUT2D eigenvalue weighted by molar-refractivity contribution is 7.90. The van der Waals surface area contributed by atoms with Crippen molar-refractivity contribution >= 4 is 27.7 Å². The Kier molecular flexibility index (Phi) is 9.77. The maximum atomic E-state index is 12.8. The van der Waals surface area contributed by atoms with Gasteiger partial charge in [-0.15, -0.1) is 0 Å². The maximum absolute atomic E-state index is 12.8. The number of nitrogens with zero attached hydrogens (tertiary/aromatic N) is 2. The SMILES string of the molecule is O=C(O)C(CNC(=O)[C@@H]1CCCN(CCCc2ccc3c(n2)NCCC3)C1)NS(=O)(=O)C1CCCCC1. The Labute approximate surface area is 220 Å². The number of fused-ring (bicyclic) bond motifs is 1. The molecule has 0 radical (unpaired) electrons. The molecule has 4 rings (SSSR count). The molecule has 1 unspecified atom stereocenters. The first-order valence-corrected chi connectivity index (χ1v) is 15.3. The fraction of sp³-hybridized carbons (Fsp3) is 0.731. The second-order valence-corrected chi connectivity index (χ2v) is 12.6. The molecule has 10 nitrogen and oxygen atoms in total. The number of carbonyl (C=O) groups is 2. The quantitative estimate of drug-likeness (QED) is 0.337. The van der Waals surface area contributed by atoms with Crippen LogP contribution in [0.25, 0.3) is 0 Å². The average molecular weight is 536 g/mol. The molecule has 4 N–H and O–H groups in total. The Morgan fingerprint density at radius 3 is 2.73 bits per heavy atom. The van der Waals surface area contributed by atoms with E-state index in [1.807, 2.05) is 0 Å². The van der Waals surface area contributed by atoms with Gasteiger partial charge in [-0.25, -0.2) is 13.4 Å². The topological polar surface area (TPSA) is 141 Å². The van der Waals surface area contributed by atoms with E-state index in [4.69, 9.17) is 4.98 Å². The predicted molar refractivity (Wildman–Crippen MR) is 142 cm³/mol. The molecule has 1 aliphatic carbocycles. The van der Waals surface area contributed by atoms with Crippen LogP contribution in [0.5, 0.6) is 0 Å². The zero-order chi connectivity index (χ0) is 26.3. The summed E-state index contributed by atoms with van der Waals surface area (Å²) in [7, 11) is -3.75. The lowest BCUT2D eigenvalue weighted by Gasteiger charge is -2.32. The third-order valence-electron chi connectivity index (χ3n) is 7.81. The highest BCUT2D eigenvalue weighted by atomic mass is 32.2. The van der Waals surface area contributed by atoms with E-state index in [0.29, 0.717) is 19.4 Å². The van der Waals surface area contributed by atoms with Crippen LogP contribution in [0, 0.1) is 5.92 Å². The van der Waals surface area contributed by atoms with Gasteiger partial charge in [-0.3, -0.25) is 9.59 Å². The zero-order valence-corrected chi connectivity index (χ0v) is 22.4. The van der Waals surface area contributed by atoms with Crippen LogP contribution in [-0.4, -0.2) is 79.3 Å². The van der Waals surface area contributed by atoms with E-state index in [-0.39, 0.29) is 18.4 Å². The number of amides is 1. The van der Waals surface area contributed by atoms with Crippen LogP contribution in [0.15, 0.2) is 12.1 Å². The molecule has 206 valence electrons. The first-order chi connectivity index (χ1) is 17.8. The lowest BCUT2D eigenvalue weighted by atomic mass is 9.96. The minimum Gasteiger partial charge on any atom is -0.480 e. The van der Waals surface area contributed by atoms with Gasteiger partial charge in [-0.05, 0) is 76.1 Å². The third kappa shape index (κ3) is 7.87. The maximum Gasteiger partial charge on any atom is 0.323 e. The molecule has 37 heavy (non-hydrogen) atoms. The van der Waals surface area contributed by atoms with Gasteiger partial charge in [0.15, 0.2) is 0 Å². The van der Waals surface area contributed by atoms with Gasteiger partial charge in [0.1, 0.15) is 11.9 Å². The van der Waals surface area contributed by atoms with Crippen LogP contribution < -0.4 is 15.4 Å². The zero-order valence-electron chi connectivity index (χ0n) is 21.6. The minimum absolute atomic E-state index is 0.213. The first kappa shape index (κ1) is 27.8. The molecule has 2 aliphatic heterocycles. The number of aliphatic carboxylic acids is 1. The summed E-state index contributed by atoms with van der Waals surface area (Å²) in [4.78, 5) is 31.6. The average Bonchev–Trinajstić information content (AvgIpc) is 2.91. The van der Waals surface area contributed by atoms with Crippen LogP contribution >= 0.6 is 0 Å². The molecule has 0 aromatic carbocycles. The van der Waals surface area contributed by atoms with Gasteiger partial charge in [0.2, 0.25) is 15.9 Å². The summed E-state index contributed by atoms with van der Waals surface area (Å²) in [5, 5.41) is 15.1. The van der Waals surface area contributed by atoms with Crippen LogP contribution in [0.4, 0.5) is 5.82 Å². The normalized spacial score (nSPS) is 22.0. The Hall–Kier alpha value is -2.24. The van der Waals surface area contributed by atoms with E-state index in [0.717, 1.165) is 88.9 Å². The molecule has 0 bridgehead atoms. The predicted octanol–water partition coefficient (Wildman–Crippen LogP) is 1.91. The molecule has 1 aromatic rings. The van der Waals surface area contributed by atoms with Crippen molar-refractivity contribution in [1.82, 2.24) is 19.9 Å². The van der Waals surface area contributed by atoms with E-state index < -0.39 is 27.3 Å². The molecular weight excluding hydrogens is 494 g/mol. The number of aryl methyl sites for hydroxylation is 2. The minimum atomic E-state index is -3.75. The number of sulfonamides is 1. The summed E-state index contributed by atoms with van der Waals surface area (Å²) in [5.41, 5.74) is 2.36. The summed E-state index contributed by atoms with van der Waals surface area (Å²) in [6.07, 6.45) is 9.45. The number of anilines is 1. The van der Waals surface area contributed by atoms with Crippen molar-refractivity contribution in [2.75, 3.05) is 38.0 Å². The van der Waals surface area contributed by atoms with Crippen molar-refractivity contribution in [3.8, 4) is 0 Å². The van der Waals surface area contributed by atoms with Crippen LogP contribution in [0.2, 0.25) is 0 Å². The number of carbonyl (C=O) groups excluding carboxylic acids is 1. The van der Waals surface area contributed by atoms with Gasteiger partial charge in [0.25, 0.3) is 0 Å². The number of pyridine rings is 1. The number of rotatable bonds is 11. The van der Waals surface area contributed by atoms with Crippen molar-refractivity contribution in [2.45, 2.75) is 81.9 Å². The number of likely N-dealkylation sites (tertiary alicyclic amines) is 1. The summed E-state index contributed by atoms with van der Waals surface area (Å²) < 4.78 is 27.7. The van der Waals surface area contributed by atoms with Gasteiger partial charge in [-0.2, -0.15) is 4.72 Å². The molecule has 3 aliphatic rings. The molecule has 1 saturated carbocycles. The number of aromatic nitrogens is 1. The Balaban J connectivity index is 1.21. The van der Waals surface area contributed by atoms with E-state index >= 15 is 0 Å². The molecule has 1 amide bonds. The Morgan fingerprint density at radius 1 is 1.14 bits per heavy atom. The summed E-state index contributed by atoms with van der Waals surface area (Å²) in [6.45, 7) is 3.14.